The first-order valence-electron chi connectivity index (χ1n) is 8.87. The molecule has 10 heteroatoms. The monoisotopic (exact) mass is 417 g/mol. The van der Waals surface area contributed by atoms with Crippen molar-refractivity contribution in [2.24, 2.45) is 5.73 Å². The first-order valence-corrected chi connectivity index (χ1v) is 13.4. The van der Waals surface area contributed by atoms with Crippen LogP contribution in [0.15, 0.2) is 0 Å². The van der Waals surface area contributed by atoms with Crippen LogP contribution in [-0.4, -0.2) is 71.1 Å². The lowest BCUT2D eigenvalue weighted by atomic mass is 10.5. The Bertz CT molecular complexity index is 263. The molecule has 0 heterocycles. The van der Waals surface area contributed by atoms with Gasteiger partial charge in [-0.2, -0.15) is 12.6 Å². The first-order chi connectivity index (χ1) is 12.0. The smallest absolute Gasteiger partial charge is 0.377 e. The van der Waals surface area contributed by atoms with Gasteiger partial charge in [0, 0.05) is 53.2 Å². The average molecular weight is 418 g/mol. The van der Waals surface area contributed by atoms with Crippen LogP contribution >= 0.6 is 12.6 Å². The van der Waals surface area contributed by atoms with Gasteiger partial charge in [-0.1, -0.05) is 0 Å². The first kappa shape index (κ1) is 27.7. The van der Waals surface area contributed by atoms with Crippen molar-refractivity contribution in [3.63, 3.8) is 0 Å². The van der Waals surface area contributed by atoms with Gasteiger partial charge >= 0.3 is 17.6 Å². The molecule has 0 saturated carbocycles. The summed E-state index contributed by atoms with van der Waals surface area (Å²) in [5, 5.41) is 0. The van der Waals surface area contributed by atoms with Crippen molar-refractivity contribution in [1.82, 2.24) is 0 Å². The van der Waals surface area contributed by atoms with Crippen molar-refractivity contribution >= 4 is 30.2 Å². The predicted molar refractivity (Wildman–Crippen MR) is 109 cm³/mol. The molecule has 0 amide bonds. The van der Waals surface area contributed by atoms with E-state index in [-0.39, 0.29) is 0 Å². The summed E-state index contributed by atoms with van der Waals surface area (Å²) in [4.78, 5) is 0. The van der Waals surface area contributed by atoms with E-state index in [9.17, 15) is 0 Å². The van der Waals surface area contributed by atoms with Crippen molar-refractivity contribution < 1.29 is 26.6 Å². The molecule has 0 aromatic rings. The molecule has 154 valence electrons. The Kier molecular flexibility index (Phi) is 19.8. The van der Waals surface area contributed by atoms with E-state index in [4.69, 9.17) is 32.3 Å². The molecule has 0 bridgehead atoms. The Morgan fingerprint density at radius 2 is 1.12 bits per heavy atom. The maximum Gasteiger partial charge on any atom is 0.500 e. The predicted octanol–water partition coefficient (Wildman–Crippen LogP) is 2.57. The summed E-state index contributed by atoms with van der Waals surface area (Å²) in [6, 6.07) is 1.65. The van der Waals surface area contributed by atoms with Crippen molar-refractivity contribution in [3.8, 4) is 0 Å². The lowest BCUT2D eigenvalue weighted by Gasteiger charge is -2.28. The summed E-state index contributed by atoms with van der Waals surface area (Å²) in [5.41, 5.74) is 5.48. The molecular formula is C15H39NO6SSi2. The summed E-state index contributed by atoms with van der Waals surface area (Å²) in [5.74, 6) is 0.838. The summed E-state index contributed by atoms with van der Waals surface area (Å²) >= 11 is 4.10. The van der Waals surface area contributed by atoms with Gasteiger partial charge in [-0.05, 0) is 45.9 Å². The number of hydrogen-bond donors (Lipinski definition) is 2. The Morgan fingerprint density at radius 1 is 0.720 bits per heavy atom. The molecule has 0 aliphatic rings. The minimum absolute atomic E-state index is 0.636. The van der Waals surface area contributed by atoms with Crippen LogP contribution in [-0.2, 0) is 26.6 Å². The third-order valence-corrected chi connectivity index (χ3v) is 9.65. The molecule has 0 aliphatic heterocycles. The molecule has 7 nitrogen and oxygen atoms in total. The Labute approximate surface area is 162 Å². The van der Waals surface area contributed by atoms with Crippen LogP contribution in [0.2, 0.25) is 12.1 Å². The van der Waals surface area contributed by atoms with Gasteiger partial charge in [0.25, 0.3) is 0 Å². The van der Waals surface area contributed by atoms with Crippen LogP contribution < -0.4 is 5.73 Å². The lowest BCUT2D eigenvalue weighted by molar-refractivity contribution is 0.0710. The van der Waals surface area contributed by atoms with Crippen LogP contribution in [0, 0.1) is 0 Å². The van der Waals surface area contributed by atoms with Crippen LogP contribution in [0.4, 0.5) is 0 Å². The van der Waals surface area contributed by atoms with Crippen LogP contribution in [0.25, 0.3) is 0 Å². The second-order valence-corrected chi connectivity index (χ2v) is 11.3. The molecule has 2 N–H and O–H groups in total. The summed E-state index contributed by atoms with van der Waals surface area (Å²) in [7, 11) is 0.185. The fourth-order valence-corrected chi connectivity index (χ4v) is 6.99. The van der Waals surface area contributed by atoms with Crippen molar-refractivity contribution in [3.05, 3.63) is 0 Å². The quantitative estimate of drug-likeness (QED) is 0.313. The zero-order valence-electron chi connectivity index (χ0n) is 16.8. The fourth-order valence-electron chi connectivity index (χ4n) is 2.17. The number of hydrogen-bond acceptors (Lipinski definition) is 8. The molecular weight excluding hydrogens is 378 g/mol. The molecule has 0 aliphatic carbocycles. The van der Waals surface area contributed by atoms with Gasteiger partial charge in [-0.25, -0.2) is 0 Å². The molecule has 0 radical (unpaired) electrons. The molecule has 0 unspecified atom stereocenters. The molecule has 0 spiro atoms. The average Bonchev–Trinajstić information content (AvgIpc) is 2.63. The maximum absolute atomic E-state index is 5.65. The SMILES string of the molecule is CCO[Si](CCCN)(OCC)OCC.CO[Si](CCCS)(OC)OC. The minimum atomic E-state index is -2.40. The van der Waals surface area contributed by atoms with Crippen LogP contribution in [0.3, 0.4) is 0 Å². The molecule has 25 heavy (non-hydrogen) atoms. The van der Waals surface area contributed by atoms with E-state index >= 15 is 0 Å². The lowest BCUT2D eigenvalue weighted by Crippen LogP contribution is -2.46. The topological polar surface area (TPSA) is 81.4 Å². The number of nitrogens with two attached hydrogens (primary N) is 1. The standard InChI is InChI=1S/C9H23NO3Si.C6H16O3SSi/c1-4-11-14(12-5-2,13-6-3)9-7-8-10;1-7-11(8-2,9-3)6-4-5-10/h4-10H2,1-3H3;10H,4-6H2,1-3H3. The molecule has 0 fully saturated rings. The zero-order chi connectivity index (χ0) is 19.6. The Hall–Kier alpha value is 0.504. The van der Waals surface area contributed by atoms with Crippen molar-refractivity contribution in [2.45, 2.75) is 45.7 Å². The van der Waals surface area contributed by atoms with Gasteiger partial charge in [0.05, 0.1) is 0 Å². The maximum atomic E-state index is 5.65. The summed E-state index contributed by atoms with van der Waals surface area (Å²) < 4.78 is 32.6. The van der Waals surface area contributed by atoms with E-state index in [0.29, 0.717) is 26.4 Å². The highest BCUT2D eigenvalue weighted by molar-refractivity contribution is 7.80. The van der Waals surface area contributed by atoms with E-state index in [0.717, 1.165) is 30.7 Å². The van der Waals surface area contributed by atoms with E-state index in [1.54, 1.807) is 21.3 Å². The van der Waals surface area contributed by atoms with Gasteiger partial charge in [0.1, 0.15) is 0 Å². The van der Waals surface area contributed by atoms with Crippen molar-refractivity contribution in [2.75, 3.05) is 53.4 Å². The highest BCUT2D eigenvalue weighted by Crippen LogP contribution is 2.17. The third kappa shape index (κ3) is 12.5. The van der Waals surface area contributed by atoms with E-state index in [2.05, 4.69) is 12.6 Å². The minimum Gasteiger partial charge on any atom is -0.377 e. The van der Waals surface area contributed by atoms with E-state index < -0.39 is 17.6 Å². The van der Waals surface area contributed by atoms with Gasteiger partial charge in [-0.3, -0.25) is 0 Å². The van der Waals surface area contributed by atoms with E-state index in [1.165, 1.54) is 0 Å². The van der Waals surface area contributed by atoms with Crippen LogP contribution in [0.5, 0.6) is 0 Å². The van der Waals surface area contributed by atoms with Gasteiger partial charge in [0.15, 0.2) is 0 Å². The second kappa shape index (κ2) is 17.9. The molecule has 0 rings (SSSR count). The summed E-state index contributed by atoms with van der Waals surface area (Å²) in [6.45, 7) is 8.44. The van der Waals surface area contributed by atoms with Gasteiger partial charge in [0.2, 0.25) is 0 Å². The molecule has 0 atom stereocenters. The molecule has 0 saturated heterocycles. The largest absolute Gasteiger partial charge is 0.500 e. The van der Waals surface area contributed by atoms with E-state index in [1.807, 2.05) is 20.8 Å². The number of rotatable bonds is 15. The summed E-state index contributed by atoms with van der Waals surface area (Å²) in [6.07, 6.45) is 1.86. The van der Waals surface area contributed by atoms with Gasteiger partial charge in [-0.15, -0.1) is 0 Å². The number of thiol groups is 1. The molecule has 0 aromatic carbocycles. The van der Waals surface area contributed by atoms with Crippen LogP contribution in [0.1, 0.15) is 33.6 Å². The highest BCUT2D eigenvalue weighted by Gasteiger charge is 2.39. The second-order valence-electron chi connectivity index (χ2n) is 5.00. The molecule has 0 aromatic heterocycles. The Morgan fingerprint density at radius 3 is 1.40 bits per heavy atom. The zero-order valence-corrected chi connectivity index (χ0v) is 19.7. The third-order valence-electron chi connectivity index (χ3n) is 3.35. The van der Waals surface area contributed by atoms with Gasteiger partial charge < -0.3 is 32.3 Å². The van der Waals surface area contributed by atoms with Crippen molar-refractivity contribution in [1.29, 1.82) is 0 Å². The highest BCUT2D eigenvalue weighted by atomic mass is 32.1. The Balaban J connectivity index is 0. The normalized spacial score (nSPS) is 12.0. The fraction of sp³-hybridized carbons (Fsp3) is 1.00.